The number of benzene rings is 1. The minimum absolute atomic E-state index is 0.141. The molecule has 2 saturated heterocycles. The van der Waals surface area contributed by atoms with Gasteiger partial charge in [-0.2, -0.15) is 0 Å². The average Bonchev–Trinajstić information content (AvgIpc) is 3.10. The van der Waals surface area contributed by atoms with Crippen LogP contribution >= 0.6 is 0 Å². The van der Waals surface area contributed by atoms with Crippen molar-refractivity contribution in [2.24, 2.45) is 0 Å². The normalized spacial score (nSPS) is 22.9. The predicted molar refractivity (Wildman–Crippen MR) is 80.5 cm³/mol. The quantitative estimate of drug-likeness (QED) is 0.850. The van der Waals surface area contributed by atoms with E-state index in [1.165, 1.54) is 38.1 Å². The van der Waals surface area contributed by atoms with E-state index >= 15 is 0 Å². The molecule has 3 nitrogen and oxygen atoms in total. The summed E-state index contributed by atoms with van der Waals surface area (Å²) in [5.74, 6) is -0.127. The number of amides is 1. The Morgan fingerprint density at radius 1 is 1.19 bits per heavy atom. The first-order chi connectivity index (χ1) is 10.2. The number of nitrogens with zero attached hydrogens (tertiary/aromatic N) is 2. The SMILES string of the molecule is O=C(Cc1cccc(F)c1)N1CCCC1CN1CCCC1. The Kier molecular flexibility index (Phi) is 4.54. The van der Waals surface area contributed by atoms with Crippen molar-refractivity contribution in [3.8, 4) is 0 Å². The Morgan fingerprint density at radius 2 is 2.00 bits per heavy atom. The van der Waals surface area contributed by atoms with Crippen molar-refractivity contribution in [3.05, 3.63) is 35.6 Å². The van der Waals surface area contributed by atoms with Gasteiger partial charge in [-0.15, -0.1) is 0 Å². The lowest BCUT2D eigenvalue weighted by Crippen LogP contribution is -2.43. The molecule has 0 N–H and O–H groups in total. The molecule has 2 aliphatic rings. The van der Waals surface area contributed by atoms with Crippen LogP contribution in [0.15, 0.2) is 24.3 Å². The molecule has 2 fully saturated rings. The lowest BCUT2D eigenvalue weighted by molar-refractivity contribution is -0.131. The van der Waals surface area contributed by atoms with Gasteiger partial charge in [0.05, 0.1) is 6.42 Å². The maximum absolute atomic E-state index is 13.2. The predicted octanol–water partition coefficient (Wildman–Crippen LogP) is 2.46. The summed E-state index contributed by atoms with van der Waals surface area (Å²) in [7, 11) is 0. The molecule has 0 radical (unpaired) electrons. The Balaban J connectivity index is 1.60. The van der Waals surface area contributed by atoms with E-state index in [0.29, 0.717) is 12.5 Å². The maximum Gasteiger partial charge on any atom is 0.227 e. The zero-order chi connectivity index (χ0) is 14.7. The molecule has 1 amide bonds. The van der Waals surface area contributed by atoms with Crippen molar-refractivity contribution in [1.82, 2.24) is 9.80 Å². The third-order valence-corrected chi connectivity index (χ3v) is 4.61. The lowest BCUT2D eigenvalue weighted by Gasteiger charge is -2.28. The van der Waals surface area contributed by atoms with Crippen LogP contribution < -0.4 is 0 Å². The number of carbonyl (C=O) groups is 1. The molecule has 3 rings (SSSR count). The van der Waals surface area contributed by atoms with Crippen LogP contribution in [0.4, 0.5) is 4.39 Å². The van der Waals surface area contributed by atoms with Crippen LogP contribution in [0.5, 0.6) is 0 Å². The topological polar surface area (TPSA) is 23.6 Å². The van der Waals surface area contributed by atoms with Gasteiger partial charge in [-0.3, -0.25) is 4.79 Å². The van der Waals surface area contributed by atoms with Crippen LogP contribution in [-0.2, 0) is 11.2 Å². The summed E-state index contributed by atoms with van der Waals surface area (Å²) in [5.41, 5.74) is 0.770. The fourth-order valence-electron chi connectivity index (χ4n) is 3.54. The van der Waals surface area contributed by atoms with E-state index in [1.54, 1.807) is 6.07 Å². The van der Waals surface area contributed by atoms with Gasteiger partial charge in [0.2, 0.25) is 5.91 Å². The van der Waals surface area contributed by atoms with Crippen LogP contribution in [0.3, 0.4) is 0 Å². The first-order valence-electron chi connectivity index (χ1n) is 7.98. The van der Waals surface area contributed by atoms with Crippen molar-refractivity contribution < 1.29 is 9.18 Å². The fraction of sp³-hybridized carbons (Fsp3) is 0.588. The van der Waals surface area contributed by atoms with Crippen molar-refractivity contribution >= 4 is 5.91 Å². The van der Waals surface area contributed by atoms with Crippen molar-refractivity contribution in [2.75, 3.05) is 26.2 Å². The number of rotatable bonds is 4. The molecule has 1 aromatic carbocycles. The van der Waals surface area contributed by atoms with Gasteiger partial charge in [0, 0.05) is 19.1 Å². The lowest BCUT2D eigenvalue weighted by atomic mass is 10.1. The van der Waals surface area contributed by atoms with Crippen molar-refractivity contribution in [2.45, 2.75) is 38.1 Å². The Hall–Kier alpha value is -1.42. The molecule has 0 spiro atoms. The van der Waals surface area contributed by atoms with E-state index in [1.807, 2.05) is 11.0 Å². The van der Waals surface area contributed by atoms with E-state index in [4.69, 9.17) is 0 Å². The molecule has 2 aliphatic heterocycles. The molecule has 21 heavy (non-hydrogen) atoms. The zero-order valence-corrected chi connectivity index (χ0v) is 12.4. The molecule has 114 valence electrons. The van der Waals surface area contributed by atoms with Crippen LogP contribution in [-0.4, -0.2) is 47.9 Å². The zero-order valence-electron chi connectivity index (χ0n) is 12.4. The van der Waals surface area contributed by atoms with Crippen molar-refractivity contribution in [1.29, 1.82) is 0 Å². The fourth-order valence-corrected chi connectivity index (χ4v) is 3.54. The largest absolute Gasteiger partial charge is 0.338 e. The molecule has 4 heteroatoms. The molecular weight excluding hydrogens is 267 g/mol. The third kappa shape index (κ3) is 3.62. The van der Waals surface area contributed by atoms with E-state index < -0.39 is 0 Å². The maximum atomic E-state index is 13.2. The molecule has 1 atom stereocenters. The van der Waals surface area contributed by atoms with Gasteiger partial charge < -0.3 is 9.80 Å². The molecule has 0 saturated carbocycles. The number of hydrogen-bond donors (Lipinski definition) is 0. The van der Waals surface area contributed by atoms with Crippen molar-refractivity contribution in [3.63, 3.8) is 0 Å². The minimum atomic E-state index is -0.268. The molecule has 0 bridgehead atoms. The summed E-state index contributed by atoms with van der Waals surface area (Å²) in [6, 6.07) is 6.73. The van der Waals surface area contributed by atoms with Crippen LogP contribution in [0.25, 0.3) is 0 Å². The summed E-state index contributed by atoms with van der Waals surface area (Å²) in [4.78, 5) is 17.0. The van der Waals surface area contributed by atoms with Crippen LogP contribution in [0.1, 0.15) is 31.2 Å². The van der Waals surface area contributed by atoms with Gasteiger partial charge in [0.15, 0.2) is 0 Å². The monoisotopic (exact) mass is 290 g/mol. The molecule has 1 unspecified atom stereocenters. The Bertz CT molecular complexity index is 499. The highest BCUT2D eigenvalue weighted by Gasteiger charge is 2.30. The average molecular weight is 290 g/mol. The third-order valence-electron chi connectivity index (χ3n) is 4.61. The summed E-state index contributed by atoms with van der Waals surface area (Å²) in [6.45, 7) is 4.20. The summed E-state index contributed by atoms with van der Waals surface area (Å²) < 4.78 is 13.2. The first-order valence-corrected chi connectivity index (χ1v) is 7.98. The Morgan fingerprint density at radius 3 is 2.76 bits per heavy atom. The smallest absolute Gasteiger partial charge is 0.227 e. The second kappa shape index (κ2) is 6.56. The van der Waals surface area contributed by atoms with Gasteiger partial charge in [-0.1, -0.05) is 12.1 Å². The number of likely N-dealkylation sites (tertiary alicyclic amines) is 2. The van der Waals surface area contributed by atoms with E-state index in [2.05, 4.69) is 4.90 Å². The standard InChI is InChI=1S/C17H23FN2O/c18-15-6-3-5-14(11-15)12-17(21)20-10-4-7-16(20)13-19-8-1-2-9-19/h3,5-6,11,16H,1-2,4,7-10,12-13H2. The van der Waals surface area contributed by atoms with Gasteiger partial charge in [0.1, 0.15) is 5.82 Å². The van der Waals surface area contributed by atoms with E-state index in [0.717, 1.165) is 31.5 Å². The van der Waals surface area contributed by atoms with Gasteiger partial charge in [-0.05, 0) is 56.5 Å². The van der Waals surface area contributed by atoms with Gasteiger partial charge in [0.25, 0.3) is 0 Å². The van der Waals surface area contributed by atoms with Gasteiger partial charge in [-0.25, -0.2) is 4.39 Å². The van der Waals surface area contributed by atoms with Crippen LogP contribution in [0, 0.1) is 5.82 Å². The molecule has 1 aromatic rings. The van der Waals surface area contributed by atoms with Crippen LogP contribution in [0.2, 0.25) is 0 Å². The molecule has 0 aromatic heterocycles. The molecule has 2 heterocycles. The van der Waals surface area contributed by atoms with Gasteiger partial charge >= 0.3 is 0 Å². The number of carbonyl (C=O) groups excluding carboxylic acids is 1. The summed E-state index contributed by atoms with van der Waals surface area (Å²) in [6.07, 6.45) is 5.07. The molecule has 0 aliphatic carbocycles. The highest BCUT2D eigenvalue weighted by atomic mass is 19.1. The van der Waals surface area contributed by atoms with E-state index in [-0.39, 0.29) is 11.7 Å². The highest BCUT2D eigenvalue weighted by Crippen LogP contribution is 2.21. The van der Waals surface area contributed by atoms with E-state index in [9.17, 15) is 9.18 Å². The number of hydrogen-bond acceptors (Lipinski definition) is 2. The Labute approximate surface area is 125 Å². The second-order valence-corrected chi connectivity index (χ2v) is 6.20. The summed E-state index contributed by atoms with van der Waals surface area (Å²) in [5, 5.41) is 0. The second-order valence-electron chi connectivity index (χ2n) is 6.20. The summed E-state index contributed by atoms with van der Waals surface area (Å²) >= 11 is 0. The molecular formula is C17H23FN2O. The number of halogens is 1. The first kappa shape index (κ1) is 14.5. The minimum Gasteiger partial charge on any atom is -0.338 e. The highest BCUT2D eigenvalue weighted by molar-refractivity contribution is 5.79.